The molecule has 0 nitrogen and oxygen atoms in total. The van der Waals surface area contributed by atoms with Crippen molar-refractivity contribution in [3.8, 4) is 0 Å². The summed E-state index contributed by atoms with van der Waals surface area (Å²) in [5.41, 5.74) is 10.0. The van der Waals surface area contributed by atoms with Gasteiger partial charge in [0.1, 0.15) is 0 Å². The fourth-order valence-electron chi connectivity index (χ4n) is 4.12. The van der Waals surface area contributed by atoms with Crippen LogP contribution < -0.4 is 0 Å². The van der Waals surface area contributed by atoms with Gasteiger partial charge in [0.05, 0.1) is 0 Å². The molecule has 4 aromatic rings. The van der Waals surface area contributed by atoms with E-state index in [0.29, 0.717) is 0 Å². The van der Waals surface area contributed by atoms with Gasteiger partial charge in [-0.15, -0.1) is 0 Å². The predicted octanol–water partition coefficient (Wildman–Crippen LogP) is 8.97. The van der Waals surface area contributed by atoms with Crippen molar-refractivity contribution in [3.05, 3.63) is 142 Å². The van der Waals surface area contributed by atoms with Gasteiger partial charge in [0.25, 0.3) is 0 Å². The SMILES string of the molecule is Cc1cccc(/C=C/c2ccc(C(C)(C)c3ccc(/C=C/c4cccc(C)c4)cc3)cc2)c1. The van der Waals surface area contributed by atoms with Crippen molar-refractivity contribution in [2.75, 3.05) is 0 Å². The molecule has 0 aliphatic rings. The maximum Gasteiger partial charge on any atom is 0.0146 e. The van der Waals surface area contributed by atoms with Gasteiger partial charge < -0.3 is 0 Å². The third-order valence-electron chi connectivity index (χ3n) is 6.29. The van der Waals surface area contributed by atoms with Gasteiger partial charge in [0.2, 0.25) is 0 Å². The summed E-state index contributed by atoms with van der Waals surface area (Å²) in [7, 11) is 0. The van der Waals surface area contributed by atoms with E-state index in [-0.39, 0.29) is 5.41 Å². The summed E-state index contributed by atoms with van der Waals surface area (Å²) < 4.78 is 0. The highest BCUT2D eigenvalue weighted by atomic mass is 14.3. The lowest BCUT2D eigenvalue weighted by atomic mass is 9.78. The fourth-order valence-corrected chi connectivity index (χ4v) is 4.12. The first kappa shape index (κ1) is 22.6. The summed E-state index contributed by atoms with van der Waals surface area (Å²) in [6, 6.07) is 35.0. The average Bonchev–Trinajstić information content (AvgIpc) is 2.82. The maximum absolute atomic E-state index is 2.29. The molecule has 0 amide bonds. The Hall–Kier alpha value is -3.64. The quantitative estimate of drug-likeness (QED) is 0.269. The van der Waals surface area contributed by atoms with Gasteiger partial charge in [-0.3, -0.25) is 0 Å². The molecule has 164 valence electrons. The van der Waals surface area contributed by atoms with E-state index in [2.05, 4.69) is 149 Å². The highest BCUT2D eigenvalue weighted by Crippen LogP contribution is 2.32. The predicted molar refractivity (Wildman–Crippen MR) is 145 cm³/mol. The van der Waals surface area contributed by atoms with Gasteiger partial charge in [0, 0.05) is 5.41 Å². The van der Waals surface area contributed by atoms with Crippen molar-refractivity contribution in [2.45, 2.75) is 33.1 Å². The van der Waals surface area contributed by atoms with Crippen LogP contribution in [-0.2, 0) is 5.41 Å². The molecule has 0 bridgehead atoms. The van der Waals surface area contributed by atoms with Crippen LogP contribution in [0.2, 0.25) is 0 Å². The Bertz CT molecular complexity index is 1170. The van der Waals surface area contributed by atoms with Gasteiger partial charge in [0.15, 0.2) is 0 Å². The molecule has 0 aliphatic heterocycles. The molecule has 33 heavy (non-hydrogen) atoms. The van der Waals surface area contributed by atoms with E-state index in [1.165, 1.54) is 44.5 Å². The first-order chi connectivity index (χ1) is 15.9. The lowest BCUT2D eigenvalue weighted by Crippen LogP contribution is -2.18. The molecule has 0 saturated carbocycles. The van der Waals surface area contributed by atoms with Crippen molar-refractivity contribution in [1.29, 1.82) is 0 Å². The number of benzene rings is 4. The Morgan fingerprint density at radius 3 is 1.18 bits per heavy atom. The minimum absolute atomic E-state index is 0.0580. The molecule has 4 rings (SSSR count). The van der Waals surface area contributed by atoms with Crippen LogP contribution in [0.25, 0.3) is 24.3 Å². The lowest BCUT2D eigenvalue weighted by Gasteiger charge is -2.26. The fraction of sp³-hybridized carbons (Fsp3) is 0.152. The molecule has 0 unspecified atom stereocenters. The molecule has 0 heteroatoms. The van der Waals surface area contributed by atoms with Crippen LogP contribution >= 0.6 is 0 Å². The number of hydrogen-bond donors (Lipinski definition) is 0. The van der Waals surface area contributed by atoms with Crippen LogP contribution in [0, 0.1) is 13.8 Å². The summed E-state index contributed by atoms with van der Waals surface area (Å²) in [6.07, 6.45) is 8.72. The van der Waals surface area contributed by atoms with E-state index in [4.69, 9.17) is 0 Å². The van der Waals surface area contributed by atoms with Gasteiger partial charge in [-0.05, 0) is 47.2 Å². The van der Waals surface area contributed by atoms with E-state index >= 15 is 0 Å². The molecular formula is C33H32. The lowest BCUT2D eigenvalue weighted by molar-refractivity contribution is 0.641. The second kappa shape index (κ2) is 9.88. The Labute approximate surface area is 199 Å². The molecule has 0 spiro atoms. The molecule has 0 N–H and O–H groups in total. The van der Waals surface area contributed by atoms with E-state index in [1.807, 2.05) is 0 Å². The standard InChI is InChI=1S/C33H32/c1-25-7-5-9-29(23-25)13-11-27-15-19-31(20-16-27)33(3,4)32-21-17-28(18-22-32)12-14-30-10-6-8-26(2)24-30/h5-24H,1-4H3/b13-11+,14-12+. The van der Waals surface area contributed by atoms with Crippen molar-refractivity contribution in [2.24, 2.45) is 0 Å². The van der Waals surface area contributed by atoms with Crippen molar-refractivity contribution < 1.29 is 0 Å². The third-order valence-corrected chi connectivity index (χ3v) is 6.29. The molecule has 0 aromatic heterocycles. The van der Waals surface area contributed by atoms with Crippen LogP contribution in [0.5, 0.6) is 0 Å². The highest BCUT2D eigenvalue weighted by molar-refractivity contribution is 5.71. The Morgan fingerprint density at radius 2 is 0.818 bits per heavy atom. The number of aryl methyl sites for hydroxylation is 2. The number of rotatable bonds is 6. The van der Waals surface area contributed by atoms with Crippen molar-refractivity contribution >= 4 is 24.3 Å². The summed E-state index contributed by atoms with van der Waals surface area (Å²) in [5.74, 6) is 0. The van der Waals surface area contributed by atoms with E-state index in [9.17, 15) is 0 Å². The zero-order valence-electron chi connectivity index (χ0n) is 20.0. The molecule has 0 heterocycles. The van der Waals surface area contributed by atoms with Gasteiger partial charge in [-0.2, -0.15) is 0 Å². The summed E-state index contributed by atoms with van der Waals surface area (Å²) >= 11 is 0. The topological polar surface area (TPSA) is 0 Å². The first-order valence-electron chi connectivity index (χ1n) is 11.6. The van der Waals surface area contributed by atoms with E-state index in [0.717, 1.165) is 0 Å². The zero-order valence-corrected chi connectivity index (χ0v) is 20.0. The molecule has 0 saturated heterocycles. The molecule has 0 radical (unpaired) electrons. The van der Waals surface area contributed by atoms with Crippen LogP contribution in [0.1, 0.15) is 58.4 Å². The average molecular weight is 429 g/mol. The molecule has 4 aromatic carbocycles. The van der Waals surface area contributed by atoms with Gasteiger partial charge >= 0.3 is 0 Å². The third kappa shape index (κ3) is 5.79. The highest BCUT2D eigenvalue weighted by Gasteiger charge is 2.22. The van der Waals surface area contributed by atoms with Gasteiger partial charge in [-0.1, -0.05) is 146 Å². The Morgan fingerprint density at radius 1 is 0.455 bits per heavy atom. The summed E-state index contributed by atoms with van der Waals surface area (Å²) in [5, 5.41) is 0. The van der Waals surface area contributed by atoms with Crippen molar-refractivity contribution in [3.63, 3.8) is 0 Å². The zero-order chi connectivity index (χ0) is 23.3. The second-order valence-electron chi connectivity index (χ2n) is 9.36. The largest absolute Gasteiger partial charge is 0.0614 e. The van der Waals surface area contributed by atoms with Crippen LogP contribution in [0.3, 0.4) is 0 Å². The molecule has 0 fully saturated rings. The van der Waals surface area contributed by atoms with Crippen LogP contribution in [0.15, 0.2) is 97.1 Å². The first-order valence-corrected chi connectivity index (χ1v) is 11.6. The summed E-state index contributed by atoms with van der Waals surface area (Å²) in [6.45, 7) is 8.84. The molecular weight excluding hydrogens is 396 g/mol. The van der Waals surface area contributed by atoms with Crippen molar-refractivity contribution in [1.82, 2.24) is 0 Å². The molecule has 0 aliphatic carbocycles. The molecule has 0 atom stereocenters. The van der Waals surface area contributed by atoms with E-state index < -0.39 is 0 Å². The smallest absolute Gasteiger partial charge is 0.0146 e. The number of hydrogen-bond acceptors (Lipinski definition) is 0. The van der Waals surface area contributed by atoms with E-state index in [1.54, 1.807) is 0 Å². The van der Waals surface area contributed by atoms with Gasteiger partial charge in [-0.25, -0.2) is 0 Å². The monoisotopic (exact) mass is 428 g/mol. The Kier molecular flexibility index (Phi) is 6.75. The summed E-state index contributed by atoms with van der Waals surface area (Å²) in [4.78, 5) is 0. The maximum atomic E-state index is 2.29. The normalized spacial score (nSPS) is 12.0. The van der Waals surface area contributed by atoms with Crippen LogP contribution in [-0.4, -0.2) is 0 Å². The van der Waals surface area contributed by atoms with Crippen LogP contribution in [0.4, 0.5) is 0 Å². The Balaban J connectivity index is 1.47. The second-order valence-corrected chi connectivity index (χ2v) is 9.36. The minimum Gasteiger partial charge on any atom is -0.0614 e. The minimum atomic E-state index is -0.0580.